The quantitative estimate of drug-likeness (QED) is 0.819. The molecular formula is C17H21Cl2N3O. The maximum absolute atomic E-state index is 6.29. The zero-order valence-corrected chi connectivity index (χ0v) is 14.8. The van der Waals surface area contributed by atoms with Crippen LogP contribution in [0.15, 0.2) is 24.3 Å². The number of aryl methyl sites for hydroxylation is 2. The number of morpholine rings is 1. The van der Waals surface area contributed by atoms with Crippen LogP contribution in [-0.4, -0.2) is 47.5 Å². The Bertz CT molecular complexity index is 666. The second kappa shape index (κ2) is 7.67. The lowest BCUT2D eigenvalue weighted by Crippen LogP contribution is -2.36. The van der Waals surface area contributed by atoms with Crippen LogP contribution in [-0.2, 0) is 11.2 Å². The van der Waals surface area contributed by atoms with E-state index >= 15 is 0 Å². The predicted octanol–water partition coefficient (Wildman–Crippen LogP) is 3.75. The summed E-state index contributed by atoms with van der Waals surface area (Å²) >= 11 is 12.3. The number of hydrogen-bond donors (Lipinski definition) is 0. The molecule has 2 heterocycles. The molecule has 0 bridgehead atoms. The van der Waals surface area contributed by atoms with Crippen LogP contribution in [0, 0.1) is 6.92 Å². The summed E-state index contributed by atoms with van der Waals surface area (Å²) in [5, 5.41) is 5.95. The van der Waals surface area contributed by atoms with Crippen molar-refractivity contribution >= 4 is 23.2 Å². The van der Waals surface area contributed by atoms with Crippen molar-refractivity contribution in [3.63, 3.8) is 0 Å². The van der Waals surface area contributed by atoms with Crippen molar-refractivity contribution in [1.82, 2.24) is 14.7 Å². The number of benzene rings is 1. The van der Waals surface area contributed by atoms with E-state index < -0.39 is 0 Å². The molecule has 0 atom stereocenters. The van der Waals surface area contributed by atoms with Gasteiger partial charge < -0.3 is 4.74 Å². The minimum Gasteiger partial charge on any atom is -0.379 e. The van der Waals surface area contributed by atoms with E-state index in [4.69, 9.17) is 33.0 Å². The van der Waals surface area contributed by atoms with Gasteiger partial charge in [-0.25, -0.2) is 4.68 Å². The summed E-state index contributed by atoms with van der Waals surface area (Å²) in [5.41, 5.74) is 3.05. The van der Waals surface area contributed by atoms with Gasteiger partial charge in [0.25, 0.3) is 0 Å². The van der Waals surface area contributed by atoms with Crippen molar-refractivity contribution in [3.05, 3.63) is 45.7 Å². The Labute approximate surface area is 146 Å². The molecule has 23 heavy (non-hydrogen) atoms. The molecule has 1 aromatic carbocycles. The maximum atomic E-state index is 6.29. The van der Waals surface area contributed by atoms with Gasteiger partial charge in [0, 0.05) is 23.8 Å². The number of rotatable bonds is 5. The average Bonchev–Trinajstić information content (AvgIpc) is 2.89. The third kappa shape index (κ3) is 4.27. The Morgan fingerprint density at radius 2 is 1.96 bits per heavy atom. The fourth-order valence-electron chi connectivity index (χ4n) is 2.87. The molecular weight excluding hydrogens is 333 g/mol. The van der Waals surface area contributed by atoms with E-state index in [0.29, 0.717) is 10.0 Å². The first-order valence-corrected chi connectivity index (χ1v) is 8.70. The van der Waals surface area contributed by atoms with Crippen molar-refractivity contribution in [2.45, 2.75) is 19.8 Å². The fraction of sp³-hybridized carbons (Fsp3) is 0.471. The van der Waals surface area contributed by atoms with Gasteiger partial charge in [0.1, 0.15) is 0 Å². The second-order valence-electron chi connectivity index (χ2n) is 5.84. The third-order valence-electron chi connectivity index (χ3n) is 4.09. The molecule has 4 nitrogen and oxygen atoms in total. The molecule has 0 spiro atoms. The predicted molar refractivity (Wildman–Crippen MR) is 93.9 cm³/mol. The van der Waals surface area contributed by atoms with Gasteiger partial charge in [0.2, 0.25) is 0 Å². The zero-order chi connectivity index (χ0) is 16.2. The first kappa shape index (κ1) is 16.8. The van der Waals surface area contributed by atoms with Gasteiger partial charge >= 0.3 is 0 Å². The number of halogens is 2. The van der Waals surface area contributed by atoms with Crippen LogP contribution < -0.4 is 0 Å². The molecule has 0 N–H and O–H groups in total. The van der Waals surface area contributed by atoms with Crippen LogP contribution >= 0.6 is 23.2 Å². The number of nitrogens with zero attached hydrogens (tertiary/aromatic N) is 3. The molecule has 1 saturated heterocycles. The summed E-state index contributed by atoms with van der Waals surface area (Å²) in [6.45, 7) is 6.91. The molecule has 0 amide bonds. The lowest BCUT2D eigenvalue weighted by atomic mass is 10.2. The Balaban J connectivity index is 1.63. The van der Waals surface area contributed by atoms with Crippen molar-refractivity contribution in [1.29, 1.82) is 0 Å². The van der Waals surface area contributed by atoms with E-state index in [1.54, 1.807) is 6.07 Å². The highest BCUT2D eigenvalue weighted by molar-refractivity contribution is 6.35. The normalized spacial score (nSPS) is 16.0. The summed E-state index contributed by atoms with van der Waals surface area (Å²) in [4.78, 5) is 2.45. The monoisotopic (exact) mass is 353 g/mol. The Kier molecular flexibility index (Phi) is 5.59. The molecule has 6 heteroatoms. The van der Waals surface area contributed by atoms with Gasteiger partial charge in [-0.1, -0.05) is 23.2 Å². The molecule has 0 aliphatic carbocycles. The van der Waals surface area contributed by atoms with Gasteiger partial charge in [-0.15, -0.1) is 0 Å². The van der Waals surface area contributed by atoms with E-state index in [1.165, 1.54) is 0 Å². The molecule has 124 valence electrons. The highest BCUT2D eigenvalue weighted by atomic mass is 35.5. The van der Waals surface area contributed by atoms with Crippen molar-refractivity contribution in [2.75, 3.05) is 32.8 Å². The first-order valence-electron chi connectivity index (χ1n) is 7.94. The fourth-order valence-corrected chi connectivity index (χ4v) is 3.35. The summed E-state index contributed by atoms with van der Waals surface area (Å²) in [5.74, 6) is 0. The molecule has 1 aliphatic heterocycles. The van der Waals surface area contributed by atoms with Crippen LogP contribution in [0.1, 0.15) is 17.8 Å². The lowest BCUT2D eigenvalue weighted by Gasteiger charge is -2.26. The number of hydrogen-bond acceptors (Lipinski definition) is 3. The number of ether oxygens (including phenoxy) is 1. The standard InChI is InChI=1S/C17H21Cl2N3O/c1-13-11-15(3-2-6-21-7-9-23-10-8-21)20-22(13)17-5-4-14(18)12-16(17)19/h4-5,11-12H,2-3,6-10H2,1H3. The Hall–Kier alpha value is -1.07. The highest BCUT2D eigenvalue weighted by Crippen LogP contribution is 2.25. The summed E-state index contributed by atoms with van der Waals surface area (Å²) in [6, 6.07) is 7.62. The van der Waals surface area contributed by atoms with Crippen LogP contribution in [0.3, 0.4) is 0 Å². The lowest BCUT2D eigenvalue weighted by molar-refractivity contribution is 0.0374. The molecule has 1 fully saturated rings. The van der Waals surface area contributed by atoms with Gasteiger partial charge in [-0.05, 0) is 50.6 Å². The van der Waals surface area contributed by atoms with Crippen LogP contribution in [0.25, 0.3) is 5.69 Å². The minimum atomic E-state index is 0.614. The highest BCUT2D eigenvalue weighted by Gasteiger charge is 2.12. The van der Waals surface area contributed by atoms with Crippen LogP contribution in [0.4, 0.5) is 0 Å². The largest absolute Gasteiger partial charge is 0.379 e. The number of aromatic nitrogens is 2. The van der Waals surface area contributed by atoms with Crippen LogP contribution in [0.5, 0.6) is 0 Å². The maximum Gasteiger partial charge on any atom is 0.0835 e. The van der Waals surface area contributed by atoms with Gasteiger partial charge in [-0.3, -0.25) is 4.90 Å². The van der Waals surface area contributed by atoms with E-state index in [9.17, 15) is 0 Å². The smallest absolute Gasteiger partial charge is 0.0835 e. The second-order valence-corrected chi connectivity index (χ2v) is 6.69. The summed E-state index contributed by atoms with van der Waals surface area (Å²) < 4.78 is 7.26. The van der Waals surface area contributed by atoms with Crippen LogP contribution in [0.2, 0.25) is 10.0 Å². The minimum absolute atomic E-state index is 0.614. The Morgan fingerprint density at radius 3 is 2.70 bits per heavy atom. The van der Waals surface area contributed by atoms with E-state index in [2.05, 4.69) is 11.0 Å². The zero-order valence-electron chi connectivity index (χ0n) is 13.3. The molecule has 0 saturated carbocycles. The SMILES string of the molecule is Cc1cc(CCCN2CCOCC2)nn1-c1ccc(Cl)cc1Cl. The molecule has 2 aromatic rings. The summed E-state index contributed by atoms with van der Waals surface area (Å²) in [6.07, 6.45) is 2.07. The van der Waals surface area contributed by atoms with Crippen molar-refractivity contribution in [2.24, 2.45) is 0 Å². The Morgan fingerprint density at radius 1 is 1.17 bits per heavy atom. The van der Waals surface area contributed by atoms with E-state index in [0.717, 1.165) is 62.8 Å². The summed E-state index contributed by atoms with van der Waals surface area (Å²) in [7, 11) is 0. The molecule has 0 unspecified atom stereocenters. The van der Waals surface area contributed by atoms with E-state index in [1.807, 2.05) is 23.7 Å². The average molecular weight is 354 g/mol. The molecule has 0 radical (unpaired) electrons. The topological polar surface area (TPSA) is 30.3 Å². The van der Waals surface area contributed by atoms with E-state index in [-0.39, 0.29) is 0 Å². The molecule has 1 aromatic heterocycles. The third-order valence-corrected chi connectivity index (χ3v) is 4.62. The molecule has 3 rings (SSSR count). The van der Waals surface area contributed by atoms with Gasteiger partial charge in [-0.2, -0.15) is 5.10 Å². The van der Waals surface area contributed by atoms with Gasteiger partial charge in [0.05, 0.1) is 29.6 Å². The first-order chi connectivity index (χ1) is 11.1. The van der Waals surface area contributed by atoms with Crippen molar-refractivity contribution < 1.29 is 4.74 Å². The molecule has 1 aliphatic rings. The van der Waals surface area contributed by atoms with Gasteiger partial charge in [0.15, 0.2) is 0 Å². The van der Waals surface area contributed by atoms with Crippen molar-refractivity contribution in [3.8, 4) is 5.69 Å².